The van der Waals surface area contributed by atoms with Crippen LogP contribution in [0.25, 0.3) is 0 Å². The molecule has 0 saturated carbocycles. The van der Waals surface area contributed by atoms with E-state index in [0.29, 0.717) is 23.7 Å². The minimum atomic E-state index is -3.75. The lowest BCUT2D eigenvalue weighted by Crippen LogP contribution is -2.28. The van der Waals surface area contributed by atoms with Gasteiger partial charge in [0.15, 0.2) is 0 Å². The quantitative estimate of drug-likeness (QED) is 0.749. The van der Waals surface area contributed by atoms with Crippen LogP contribution in [-0.4, -0.2) is 33.3 Å². The molecule has 0 bridgehead atoms. The van der Waals surface area contributed by atoms with Crippen LogP contribution in [0, 0.1) is 0 Å². The van der Waals surface area contributed by atoms with Gasteiger partial charge in [0, 0.05) is 42.8 Å². The van der Waals surface area contributed by atoms with Gasteiger partial charge in [-0.25, -0.2) is 13.1 Å². The summed E-state index contributed by atoms with van der Waals surface area (Å²) < 4.78 is 27.4. The Morgan fingerprint density at radius 3 is 2.68 bits per heavy atom. The SMILES string of the molecule is CC(=O)N1CCc2cc(S(=O)(=O)NCCC(=O)Nc3cccc(Cl)c3)ccc21. The summed E-state index contributed by atoms with van der Waals surface area (Å²) in [5.74, 6) is -0.394. The van der Waals surface area contributed by atoms with E-state index in [0.717, 1.165) is 11.3 Å². The lowest BCUT2D eigenvalue weighted by atomic mass is 10.2. The fraction of sp³-hybridized carbons (Fsp3) is 0.263. The monoisotopic (exact) mass is 421 g/mol. The molecule has 3 rings (SSSR count). The van der Waals surface area contributed by atoms with E-state index in [9.17, 15) is 18.0 Å². The van der Waals surface area contributed by atoms with Crippen molar-refractivity contribution in [1.82, 2.24) is 4.72 Å². The highest BCUT2D eigenvalue weighted by Gasteiger charge is 2.24. The molecule has 0 aliphatic carbocycles. The molecule has 7 nitrogen and oxygen atoms in total. The molecule has 0 spiro atoms. The minimum absolute atomic E-state index is 0.0190. The average Bonchev–Trinajstić information content (AvgIpc) is 3.05. The third kappa shape index (κ3) is 4.70. The number of rotatable bonds is 6. The van der Waals surface area contributed by atoms with Gasteiger partial charge in [0.05, 0.1) is 4.90 Å². The maximum absolute atomic E-state index is 12.5. The maximum atomic E-state index is 12.5. The van der Waals surface area contributed by atoms with Crippen LogP contribution < -0.4 is 14.9 Å². The Labute approximate surface area is 168 Å². The van der Waals surface area contributed by atoms with Crippen molar-refractivity contribution in [2.45, 2.75) is 24.7 Å². The number of fused-ring (bicyclic) bond motifs is 1. The average molecular weight is 422 g/mol. The van der Waals surface area contributed by atoms with Gasteiger partial charge in [0.2, 0.25) is 21.8 Å². The number of carbonyl (C=O) groups excluding carboxylic acids is 2. The summed E-state index contributed by atoms with van der Waals surface area (Å²) in [6, 6.07) is 11.4. The maximum Gasteiger partial charge on any atom is 0.240 e. The molecule has 0 atom stereocenters. The normalized spacial score (nSPS) is 13.3. The van der Waals surface area contributed by atoms with Crippen LogP contribution >= 0.6 is 11.6 Å². The molecular weight excluding hydrogens is 402 g/mol. The van der Waals surface area contributed by atoms with Gasteiger partial charge in [0.1, 0.15) is 0 Å². The Morgan fingerprint density at radius 1 is 1.18 bits per heavy atom. The number of amides is 2. The van der Waals surface area contributed by atoms with Gasteiger partial charge in [-0.05, 0) is 48.4 Å². The third-order valence-electron chi connectivity index (χ3n) is 4.39. The van der Waals surface area contributed by atoms with Crippen molar-refractivity contribution in [1.29, 1.82) is 0 Å². The van der Waals surface area contributed by atoms with Crippen LogP contribution in [-0.2, 0) is 26.0 Å². The zero-order chi connectivity index (χ0) is 20.3. The van der Waals surface area contributed by atoms with E-state index in [1.807, 2.05) is 0 Å². The Balaban J connectivity index is 1.58. The summed E-state index contributed by atoms with van der Waals surface area (Å²) in [6.45, 7) is 1.99. The molecule has 2 N–H and O–H groups in total. The molecule has 2 aromatic carbocycles. The highest BCUT2D eigenvalue weighted by molar-refractivity contribution is 7.89. The lowest BCUT2D eigenvalue weighted by Gasteiger charge is -2.15. The van der Waals surface area contributed by atoms with Gasteiger partial charge < -0.3 is 10.2 Å². The van der Waals surface area contributed by atoms with Crippen molar-refractivity contribution in [3.8, 4) is 0 Å². The topological polar surface area (TPSA) is 95.6 Å². The smallest absolute Gasteiger partial charge is 0.240 e. The van der Waals surface area contributed by atoms with Crippen LogP contribution in [0.15, 0.2) is 47.4 Å². The van der Waals surface area contributed by atoms with Crippen molar-refractivity contribution in [2.75, 3.05) is 23.3 Å². The first-order valence-corrected chi connectivity index (χ1v) is 10.6. The van der Waals surface area contributed by atoms with Crippen molar-refractivity contribution < 1.29 is 18.0 Å². The first-order valence-electron chi connectivity index (χ1n) is 8.72. The summed E-state index contributed by atoms with van der Waals surface area (Å²) >= 11 is 5.86. The van der Waals surface area contributed by atoms with Crippen LogP contribution in [0.4, 0.5) is 11.4 Å². The van der Waals surface area contributed by atoms with E-state index in [1.54, 1.807) is 41.3 Å². The number of hydrogen-bond donors (Lipinski definition) is 2. The highest BCUT2D eigenvalue weighted by Crippen LogP contribution is 2.30. The number of nitrogens with zero attached hydrogens (tertiary/aromatic N) is 1. The second kappa shape index (κ2) is 8.30. The van der Waals surface area contributed by atoms with E-state index >= 15 is 0 Å². The van der Waals surface area contributed by atoms with Crippen molar-refractivity contribution >= 4 is 44.8 Å². The van der Waals surface area contributed by atoms with Gasteiger partial charge in [-0.3, -0.25) is 9.59 Å². The molecule has 2 aromatic rings. The summed E-state index contributed by atoms with van der Waals surface area (Å²) in [5.41, 5.74) is 2.11. The summed E-state index contributed by atoms with van der Waals surface area (Å²) in [6.07, 6.45) is 0.592. The fourth-order valence-electron chi connectivity index (χ4n) is 3.04. The number of sulfonamides is 1. The molecule has 0 fully saturated rings. The Hall–Kier alpha value is -2.42. The van der Waals surface area contributed by atoms with Crippen molar-refractivity contribution in [3.05, 3.63) is 53.1 Å². The molecule has 148 valence electrons. The predicted octanol–water partition coefficient (Wildman–Crippen LogP) is 2.56. The molecule has 0 unspecified atom stereocenters. The third-order valence-corrected chi connectivity index (χ3v) is 6.08. The Kier molecular flexibility index (Phi) is 6.02. The van der Waals surface area contributed by atoms with Gasteiger partial charge in [-0.1, -0.05) is 17.7 Å². The number of nitrogens with one attached hydrogen (secondary N) is 2. The summed E-state index contributed by atoms with van der Waals surface area (Å²) in [5, 5.41) is 3.16. The molecule has 2 amide bonds. The standard InChI is InChI=1S/C19H20ClN3O4S/c1-13(24)23-10-8-14-11-17(5-6-18(14)23)28(26,27)21-9-7-19(25)22-16-4-2-3-15(20)12-16/h2-6,11-12,21H,7-10H2,1H3,(H,22,25). The van der Waals surface area contributed by atoms with Crippen molar-refractivity contribution in [2.24, 2.45) is 0 Å². The van der Waals surface area contributed by atoms with Crippen LogP contribution in [0.3, 0.4) is 0 Å². The Bertz CT molecular complexity index is 1020. The molecule has 28 heavy (non-hydrogen) atoms. The van der Waals surface area contributed by atoms with E-state index in [2.05, 4.69) is 10.0 Å². The zero-order valence-corrected chi connectivity index (χ0v) is 16.8. The molecule has 0 saturated heterocycles. The van der Waals surface area contributed by atoms with Crippen LogP contribution in [0.5, 0.6) is 0 Å². The number of anilines is 2. The zero-order valence-electron chi connectivity index (χ0n) is 15.2. The number of hydrogen-bond acceptors (Lipinski definition) is 4. The van der Waals surface area contributed by atoms with Crippen LogP contribution in [0.2, 0.25) is 5.02 Å². The first-order chi connectivity index (χ1) is 13.3. The number of halogens is 1. The largest absolute Gasteiger partial charge is 0.326 e. The predicted molar refractivity (Wildman–Crippen MR) is 108 cm³/mol. The van der Waals surface area contributed by atoms with E-state index in [4.69, 9.17) is 11.6 Å². The molecular formula is C19H20ClN3O4S. The lowest BCUT2D eigenvalue weighted by molar-refractivity contribution is -0.117. The van der Waals surface area contributed by atoms with Crippen LogP contribution in [0.1, 0.15) is 18.9 Å². The number of carbonyl (C=O) groups is 2. The highest BCUT2D eigenvalue weighted by atomic mass is 35.5. The van der Waals surface area contributed by atoms with E-state index in [1.165, 1.54) is 13.0 Å². The van der Waals surface area contributed by atoms with E-state index in [-0.39, 0.29) is 29.7 Å². The van der Waals surface area contributed by atoms with Gasteiger partial charge >= 0.3 is 0 Å². The van der Waals surface area contributed by atoms with Crippen molar-refractivity contribution in [3.63, 3.8) is 0 Å². The molecule has 0 aromatic heterocycles. The number of benzene rings is 2. The molecule has 1 heterocycles. The van der Waals surface area contributed by atoms with Gasteiger partial charge in [0.25, 0.3) is 0 Å². The molecule has 0 radical (unpaired) electrons. The fourth-order valence-corrected chi connectivity index (χ4v) is 4.32. The second-order valence-corrected chi connectivity index (χ2v) is 8.62. The minimum Gasteiger partial charge on any atom is -0.326 e. The van der Waals surface area contributed by atoms with Gasteiger partial charge in [-0.15, -0.1) is 0 Å². The Morgan fingerprint density at radius 2 is 1.96 bits per heavy atom. The molecule has 1 aliphatic rings. The molecule has 9 heteroatoms. The summed E-state index contributed by atoms with van der Waals surface area (Å²) in [4.78, 5) is 25.3. The van der Waals surface area contributed by atoms with E-state index < -0.39 is 10.0 Å². The van der Waals surface area contributed by atoms with Gasteiger partial charge in [-0.2, -0.15) is 0 Å². The molecule has 1 aliphatic heterocycles. The second-order valence-electron chi connectivity index (χ2n) is 6.42. The first kappa shape index (κ1) is 20.3. The summed E-state index contributed by atoms with van der Waals surface area (Å²) in [7, 11) is -3.75.